The summed E-state index contributed by atoms with van der Waals surface area (Å²) in [6.07, 6.45) is -0.459. The van der Waals surface area contributed by atoms with E-state index in [-0.39, 0.29) is 17.1 Å². The molecule has 7 heteroatoms. The van der Waals surface area contributed by atoms with Crippen LogP contribution in [-0.2, 0) is 5.41 Å². The summed E-state index contributed by atoms with van der Waals surface area (Å²) in [6, 6.07) is 3.69. The summed E-state index contributed by atoms with van der Waals surface area (Å²) in [6.45, 7) is -0.331. The van der Waals surface area contributed by atoms with Crippen molar-refractivity contribution in [1.29, 1.82) is 0 Å². The third-order valence-corrected chi connectivity index (χ3v) is 3.35. The molecule has 17 heavy (non-hydrogen) atoms. The lowest BCUT2D eigenvalue weighted by atomic mass is 9.93. The van der Waals surface area contributed by atoms with Crippen LogP contribution in [0, 0.1) is 10.1 Å². The Morgan fingerprint density at radius 3 is 2.53 bits per heavy atom. The second-order valence-corrected chi connectivity index (χ2v) is 4.52. The molecule has 1 aliphatic carbocycles. The molecular formula is C10H9ClF2N2O2. The van der Waals surface area contributed by atoms with E-state index in [1.807, 2.05) is 0 Å². The third-order valence-electron chi connectivity index (χ3n) is 3.12. The molecule has 1 aromatic rings. The zero-order valence-electron chi connectivity index (χ0n) is 8.62. The van der Waals surface area contributed by atoms with Crippen LogP contribution in [0.25, 0.3) is 0 Å². The molecular weight excluding hydrogens is 254 g/mol. The van der Waals surface area contributed by atoms with Crippen molar-refractivity contribution in [3.8, 4) is 0 Å². The molecule has 92 valence electrons. The molecule has 2 rings (SSSR count). The molecule has 0 amide bonds. The Balaban J connectivity index is 2.57. The van der Waals surface area contributed by atoms with Crippen molar-refractivity contribution in [3.63, 3.8) is 0 Å². The summed E-state index contributed by atoms with van der Waals surface area (Å²) in [5.41, 5.74) is 3.29. The topological polar surface area (TPSA) is 69.2 Å². The van der Waals surface area contributed by atoms with E-state index in [1.54, 1.807) is 0 Å². The van der Waals surface area contributed by atoms with Crippen molar-refractivity contribution >= 4 is 17.3 Å². The smallest absolute Gasteiger partial charge is 0.274 e. The second kappa shape index (κ2) is 3.61. The van der Waals surface area contributed by atoms with Gasteiger partial charge in [0.2, 0.25) is 0 Å². The van der Waals surface area contributed by atoms with Crippen LogP contribution in [0.15, 0.2) is 18.2 Å². The normalized spacial score (nSPS) is 25.6. The van der Waals surface area contributed by atoms with E-state index in [0.29, 0.717) is 0 Å². The van der Waals surface area contributed by atoms with Gasteiger partial charge >= 0.3 is 0 Å². The second-order valence-electron chi connectivity index (χ2n) is 4.09. The fourth-order valence-electron chi connectivity index (χ4n) is 2.02. The maximum atomic E-state index is 13.3. The summed E-state index contributed by atoms with van der Waals surface area (Å²) < 4.78 is 26.7. The molecule has 0 saturated heterocycles. The van der Waals surface area contributed by atoms with Crippen LogP contribution in [0.2, 0.25) is 5.02 Å². The van der Waals surface area contributed by atoms with Crippen molar-refractivity contribution in [1.82, 2.24) is 0 Å². The number of hydrogen-bond donors (Lipinski definition) is 1. The Morgan fingerprint density at radius 2 is 2.12 bits per heavy atom. The van der Waals surface area contributed by atoms with Crippen LogP contribution < -0.4 is 5.73 Å². The van der Waals surface area contributed by atoms with Crippen molar-refractivity contribution in [2.75, 3.05) is 6.54 Å². The first-order valence-electron chi connectivity index (χ1n) is 4.86. The van der Waals surface area contributed by atoms with Crippen molar-refractivity contribution in [2.24, 2.45) is 5.73 Å². The molecule has 1 fully saturated rings. The Kier molecular flexibility index (Phi) is 2.59. The van der Waals surface area contributed by atoms with Gasteiger partial charge in [-0.3, -0.25) is 10.1 Å². The fourth-order valence-corrected chi connectivity index (χ4v) is 2.19. The van der Waals surface area contributed by atoms with Crippen LogP contribution in [0.1, 0.15) is 12.0 Å². The predicted octanol–water partition coefficient (Wildman–Crippen LogP) is 2.48. The van der Waals surface area contributed by atoms with Crippen LogP contribution in [-0.4, -0.2) is 17.4 Å². The number of benzene rings is 1. The van der Waals surface area contributed by atoms with Gasteiger partial charge in [-0.2, -0.15) is 0 Å². The number of nitro groups is 1. The van der Waals surface area contributed by atoms with Gasteiger partial charge in [0.05, 0.1) is 10.3 Å². The zero-order chi connectivity index (χ0) is 12.8. The summed E-state index contributed by atoms with van der Waals surface area (Å²) >= 11 is 5.62. The number of alkyl halides is 2. The van der Waals surface area contributed by atoms with Crippen LogP contribution in [0.5, 0.6) is 0 Å². The molecule has 0 heterocycles. The Morgan fingerprint density at radius 1 is 1.53 bits per heavy atom. The van der Waals surface area contributed by atoms with Gasteiger partial charge in [0, 0.05) is 29.6 Å². The Hall–Kier alpha value is -1.27. The van der Waals surface area contributed by atoms with Crippen molar-refractivity contribution in [3.05, 3.63) is 38.9 Å². The van der Waals surface area contributed by atoms with Gasteiger partial charge in [-0.1, -0.05) is 11.6 Å². The summed E-state index contributed by atoms with van der Waals surface area (Å²) in [7, 11) is 0. The van der Waals surface area contributed by atoms with Crippen LogP contribution >= 0.6 is 11.6 Å². The highest BCUT2D eigenvalue weighted by Gasteiger charge is 2.72. The van der Waals surface area contributed by atoms with E-state index < -0.39 is 28.4 Å². The lowest BCUT2D eigenvalue weighted by Crippen LogP contribution is -2.27. The first-order valence-corrected chi connectivity index (χ1v) is 5.24. The zero-order valence-corrected chi connectivity index (χ0v) is 9.38. The molecule has 1 saturated carbocycles. The average molecular weight is 263 g/mol. The maximum Gasteiger partial charge on any atom is 0.274 e. The molecule has 2 N–H and O–H groups in total. The number of nitrogens with zero attached hydrogens (tertiary/aromatic N) is 1. The highest BCUT2D eigenvalue weighted by atomic mass is 35.5. The molecule has 0 aliphatic heterocycles. The number of halogens is 3. The van der Waals surface area contributed by atoms with Crippen LogP contribution in [0.3, 0.4) is 0 Å². The van der Waals surface area contributed by atoms with Gasteiger partial charge in [0.15, 0.2) is 0 Å². The van der Waals surface area contributed by atoms with Crippen LogP contribution in [0.4, 0.5) is 14.5 Å². The fraction of sp³-hybridized carbons (Fsp3) is 0.400. The van der Waals surface area contributed by atoms with E-state index in [2.05, 4.69) is 0 Å². The minimum Gasteiger partial charge on any atom is -0.329 e. The Bertz CT molecular complexity index is 495. The summed E-state index contributed by atoms with van der Waals surface area (Å²) in [5, 5.41) is 11.0. The van der Waals surface area contributed by atoms with E-state index in [4.69, 9.17) is 17.3 Å². The molecule has 0 bridgehead atoms. The van der Waals surface area contributed by atoms with E-state index in [0.717, 1.165) is 6.07 Å². The van der Waals surface area contributed by atoms with Gasteiger partial charge < -0.3 is 5.73 Å². The SMILES string of the molecule is NCC1(c2ccc(Cl)cc2[N+](=O)[O-])CC1(F)F. The molecule has 0 aromatic heterocycles. The van der Waals surface area contributed by atoms with Gasteiger partial charge in [0.25, 0.3) is 11.6 Å². The minimum absolute atomic E-state index is 0.0422. The standard InChI is InChI=1S/C10H9ClF2N2O2/c11-6-1-2-7(8(3-6)15(16)17)9(5-14)4-10(9,12)13/h1-3H,4-5,14H2. The predicted molar refractivity (Wildman–Crippen MR) is 58.4 cm³/mol. The first kappa shape index (κ1) is 12.2. The van der Waals surface area contributed by atoms with Gasteiger partial charge in [-0.25, -0.2) is 8.78 Å². The van der Waals surface area contributed by atoms with Crippen molar-refractivity contribution in [2.45, 2.75) is 17.8 Å². The maximum absolute atomic E-state index is 13.3. The molecule has 4 nitrogen and oxygen atoms in total. The van der Waals surface area contributed by atoms with E-state index in [1.165, 1.54) is 12.1 Å². The Labute approximate surface area is 101 Å². The lowest BCUT2D eigenvalue weighted by molar-refractivity contribution is -0.386. The van der Waals surface area contributed by atoms with E-state index in [9.17, 15) is 18.9 Å². The minimum atomic E-state index is -2.99. The average Bonchev–Trinajstić information content (AvgIpc) is 2.82. The number of hydrogen-bond acceptors (Lipinski definition) is 3. The van der Waals surface area contributed by atoms with Gasteiger partial charge in [-0.15, -0.1) is 0 Å². The largest absolute Gasteiger partial charge is 0.329 e. The number of rotatable bonds is 3. The van der Waals surface area contributed by atoms with E-state index >= 15 is 0 Å². The molecule has 1 atom stereocenters. The third kappa shape index (κ3) is 1.68. The first-order chi connectivity index (χ1) is 7.84. The molecule has 0 spiro atoms. The lowest BCUT2D eigenvalue weighted by Gasteiger charge is -2.14. The number of nitro benzene ring substituents is 1. The summed E-state index contributed by atoms with van der Waals surface area (Å²) in [5.74, 6) is -2.99. The number of nitrogens with two attached hydrogens (primary N) is 1. The highest BCUT2D eigenvalue weighted by molar-refractivity contribution is 6.30. The molecule has 1 unspecified atom stereocenters. The molecule has 1 aromatic carbocycles. The summed E-state index contributed by atoms with van der Waals surface area (Å²) in [4.78, 5) is 10.1. The van der Waals surface area contributed by atoms with Gasteiger partial charge in [0.1, 0.15) is 0 Å². The van der Waals surface area contributed by atoms with Crippen molar-refractivity contribution < 1.29 is 13.7 Å². The molecule has 0 radical (unpaired) electrons. The highest BCUT2D eigenvalue weighted by Crippen LogP contribution is 2.62. The quantitative estimate of drug-likeness (QED) is 0.672. The molecule has 1 aliphatic rings. The van der Waals surface area contributed by atoms with Gasteiger partial charge in [-0.05, 0) is 12.1 Å². The monoisotopic (exact) mass is 262 g/mol.